The third kappa shape index (κ3) is 5.37. The number of nitrogens with zero attached hydrogens (tertiary/aromatic N) is 5. The highest BCUT2D eigenvalue weighted by atomic mass is 32.1. The Hall–Kier alpha value is -3.11. The molecule has 202 valence electrons. The van der Waals surface area contributed by atoms with Crippen LogP contribution >= 0.6 is 11.3 Å². The van der Waals surface area contributed by atoms with Crippen LogP contribution in [0.1, 0.15) is 81.9 Å². The molecule has 2 aromatic heterocycles. The molecule has 2 N–H and O–H groups in total. The highest BCUT2D eigenvalue weighted by Crippen LogP contribution is 2.40. The molecule has 4 atom stereocenters. The second-order valence-corrected chi connectivity index (χ2v) is 12.5. The van der Waals surface area contributed by atoms with Crippen LogP contribution in [-0.4, -0.2) is 60.5 Å². The van der Waals surface area contributed by atoms with Crippen molar-refractivity contribution in [2.24, 2.45) is 5.41 Å². The van der Waals surface area contributed by atoms with Crippen molar-refractivity contribution in [3.8, 4) is 10.4 Å². The minimum Gasteiger partial charge on any atom is -0.391 e. The second kappa shape index (κ2) is 10.2. The summed E-state index contributed by atoms with van der Waals surface area (Å²) in [6.45, 7) is 9.98. The van der Waals surface area contributed by atoms with Crippen molar-refractivity contribution in [3.05, 3.63) is 52.9 Å². The predicted octanol–water partition coefficient (Wildman–Crippen LogP) is 4.01. The van der Waals surface area contributed by atoms with Crippen molar-refractivity contribution in [1.29, 1.82) is 0 Å². The number of amides is 2. The summed E-state index contributed by atoms with van der Waals surface area (Å²) in [4.78, 5) is 34.3. The summed E-state index contributed by atoms with van der Waals surface area (Å²) in [6, 6.07) is 6.43. The van der Waals surface area contributed by atoms with Crippen LogP contribution in [0.15, 0.2) is 36.0 Å². The third-order valence-corrected chi connectivity index (χ3v) is 8.46. The molecule has 0 radical (unpaired) electrons. The minimum absolute atomic E-state index is 0.116. The number of hydrogen-bond donors (Lipinski definition) is 2. The molecule has 3 heterocycles. The van der Waals surface area contributed by atoms with Gasteiger partial charge in [-0.15, -0.1) is 16.4 Å². The van der Waals surface area contributed by atoms with Crippen LogP contribution in [0.25, 0.3) is 10.4 Å². The van der Waals surface area contributed by atoms with E-state index >= 15 is 0 Å². The number of aliphatic hydroxyl groups excluding tert-OH is 1. The number of β-amino-alcohol motifs (C(OH)–C–C–N with tert-alkyl or cyclic N) is 1. The fourth-order valence-corrected chi connectivity index (χ4v) is 6.03. The molecule has 1 saturated heterocycles. The lowest BCUT2D eigenvalue weighted by Crippen LogP contribution is -2.50. The number of likely N-dealkylation sites (tertiary alicyclic amines) is 1. The maximum atomic E-state index is 13.9. The first kappa shape index (κ1) is 26.5. The van der Waals surface area contributed by atoms with Crippen molar-refractivity contribution in [2.45, 2.75) is 84.0 Å². The van der Waals surface area contributed by atoms with E-state index in [4.69, 9.17) is 0 Å². The Kier molecular flexibility index (Phi) is 7.13. The molecule has 10 heteroatoms. The molecule has 38 heavy (non-hydrogen) atoms. The largest absolute Gasteiger partial charge is 0.391 e. The van der Waals surface area contributed by atoms with Gasteiger partial charge >= 0.3 is 0 Å². The van der Waals surface area contributed by atoms with Crippen LogP contribution in [0.4, 0.5) is 0 Å². The Labute approximate surface area is 227 Å². The number of aryl methyl sites for hydroxylation is 1. The van der Waals surface area contributed by atoms with Crippen LogP contribution in [-0.2, 0) is 9.59 Å². The van der Waals surface area contributed by atoms with E-state index < -0.39 is 23.6 Å². The van der Waals surface area contributed by atoms with Gasteiger partial charge in [0.25, 0.3) is 0 Å². The first-order valence-electron chi connectivity index (χ1n) is 13.2. The van der Waals surface area contributed by atoms with E-state index in [1.165, 1.54) is 4.90 Å². The van der Waals surface area contributed by atoms with Gasteiger partial charge < -0.3 is 15.3 Å². The standard InChI is InChI=1S/C28H36N6O3S/c1-16(18-6-10-20(11-7-18)24-17(2)29-15-38-24)30-26(36)23-12-21(35)13-33(23)27(37)25(28(3,4)5)34-14-22(31-32-34)19-8-9-19/h6-7,10-11,14-16,19,21,23,25,35H,8-9,12-13H2,1-5H3,(H,30,36). The number of rotatable bonds is 7. The smallest absolute Gasteiger partial charge is 0.248 e. The van der Waals surface area contributed by atoms with Gasteiger partial charge in [0, 0.05) is 25.1 Å². The van der Waals surface area contributed by atoms with E-state index in [0.717, 1.165) is 40.2 Å². The quantitative estimate of drug-likeness (QED) is 0.472. The van der Waals surface area contributed by atoms with Crippen molar-refractivity contribution < 1.29 is 14.7 Å². The van der Waals surface area contributed by atoms with E-state index in [0.29, 0.717) is 5.92 Å². The Bertz CT molecular complexity index is 1310. The summed E-state index contributed by atoms with van der Waals surface area (Å²) in [5, 5.41) is 22.2. The molecule has 1 aliphatic heterocycles. The SMILES string of the molecule is Cc1ncsc1-c1ccc(C(C)NC(=O)C2CC(O)CN2C(=O)C(n2cc(C3CC3)nn2)C(C)(C)C)cc1. The van der Waals surface area contributed by atoms with Crippen molar-refractivity contribution in [1.82, 2.24) is 30.2 Å². The zero-order valence-electron chi connectivity index (χ0n) is 22.6. The zero-order chi connectivity index (χ0) is 27.2. The molecule has 5 rings (SSSR count). The number of aromatic nitrogens is 4. The third-order valence-electron chi connectivity index (χ3n) is 7.48. The Morgan fingerprint density at radius 3 is 2.50 bits per heavy atom. The summed E-state index contributed by atoms with van der Waals surface area (Å²) in [7, 11) is 0. The van der Waals surface area contributed by atoms with Crippen molar-refractivity contribution in [2.75, 3.05) is 6.54 Å². The van der Waals surface area contributed by atoms with Gasteiger partial charge in [-0.1, -0.05) is 50.3 Å². The lowest BCUT2D eigenvalue weighted by atomic mass is 9.85. The van der Waals surface area contributed by atoms with E-state index in [2.05, 4.69) is 20.6 Å². The lowest BCUT2D eigenvalue weighted by molar-refractivity contribution is -0.144. The van der Waals surface area contributed by atoms with Gasteiger partial charge in [-0.05, 0) is 43.2 Å². The van der Waals surface area contributed by atoms with Crippen LogP contribution in [0.2, 0.25) is 0 Å². The van der Waals surface area contributed by atoms with Gasteiger partial charge in [-0.25, -0.2) is 9.67 Å². The van der Waals surface area contributed by atoms with Crippen LogP contribution < -0.4 is 5.32 Å². The van der Waals surface area contributed by atoms with Gasteiger partial charge in [-0.2, -0.15) is 0 Å². The normalized spacial score (nSPS) is 21.4. The summed E-state index contributed by atoms with van der Waals surface area (Å²) < 4.78 is 1.64. The monoisotopic (exact) mass is 536 g/mol. The Balaban J connectivity index is 1.31. The Morgan fingerprint density at radius 2 is 1.89 bits per heavy atom. The van der Waals surface area contributed by atoms with E-state index in [9.17, 15) is 14.7 Å². The van der Waals surface area contributed by atoms with Crippen LogP contribution in [0.5, 0.6) is 0 Å². The molecule has 2 aliphatic rings. The van der Waals surface area contributed by atoms with Gasteiger partial charge in [0.15, 0.2) is 0 Å². The number of carbonyl (C=O) groups excluding carboxylic acids is 2. The molecular formula is C28H36N6O3S. The lowest BCUT2D eigenvalue weighted by Gasteiger charge is -2.34. The summed E-state index contributed by atoms with van der Waals surface area (Å²) in [5.74, 6) is -0.0683. The minimum atomic E-state index is -0.759. The summed E-state index contributed by atoms with van der Waals surface area (Å²) >= 11 is 1.60. The average molecular weight is 537 g/mol. The number of hydrogen-bond acceptors (Lipinski definition) is 7. The number of nitrogens with one attached hydrogen (secondary N) is 1. The molecule has 1 saturated carbocycles. The molecule has 3 aromatic rings. The maximum Gasteiger partial charge on any atom is 0.248 e. The molecule has 2 fully saturated rings. The average Bonchev–Trinajstić information content (AvgIpc) is 3.23. The number of benzene rings is 1. The molecule has 1 aromatic carbocycles. The van der Waals surface area contributed by atoms with Crippen LogP contribution in [0.3, 0.4) is 0 Å². The second-order valence-electron chi connectivity index (χ2n) is 11.7. The fraction of sp³-hybridized carbons (Fsp3) is 0.536. The Morgan fingerprint density at radius 1 is 1.18 bits per heavy atom. The highest BCUT2D eigenvalue weighted by Gasteiger charge is 2.45. The topological polar surface area (TPSA) is 113 Å². The zero-order valence-corrected chi connectivity index (χ0v) is 23.4. The van der Waals surface area contributed by atoms with Gasteiger partial charge in [-0.3, -0.25) is 9.59 Å². The molecular weight excluding hydrogens is 500 g/mol. The first-order chi connectivity index (χ1) is 18.0. The van der Waals surface area contributed by atoms with E-state index in [-0.39, 0.29) is 30.8 Å². The number of thiazole rings is 1. The number of carbonyl (C=O) groups is 2. The molecule has 9 nitrogen and oxygen atoms in total. The van der Waals surface area contributed by atoms with Crippen LogP contribution in [0, 0.1) is 12.3 Å². The molecule has 0 spiro atoms. The summed E-state index contributed by atoms with van der Waals surface area (Å²) in [6.07, 6.45) is 3.51. The van der Waals surface area contributed by atoms with Gasteiger partial charge in [0.05, 0.1) is 33.9 Å². The first-order valence-corrected chi connectivity index (χ1v) is 14.1. The molecule has 0 bridgehead atoms. The summed E-state index contributed by atoms with van der Waals surface area (Å²) in [5.41, 5.74) is 5.33. The van der Waals surface area contributed by atoms with Crippen molar-refractivity contribution in [3.63, 3.8) is 0 Å². The van der Waals surface area contributed by atoms with Gasteiger partial charge in [0.2, 0.25) is 11.8 Å². The molecule has 4 unspecified atom stereocenters. The van der Waals surface area contributed by atoms with Gasteiger partial charge in [0.1, 0.15) is 12.1 Å². The molecule has 1 aliphatic carbocycles. The van der Waals surface area contributed by atoms with Crippen molar-refractivity contribution >= 4 is 23.2 Å². The predicted molar refractivity (Wildman–Crippen MR) is 145 cm³/mol. The highest BCUT2D eigenvalue weighted by molar-refractivity contribution is 7.13. The van der Waals surface area contributed by atoms with E-state index in [1.54, 1.807) is 16.0 Å². The van der Waals surface area contributed by atoms with E-state index in [1.807, 2.05) is 70.6 Å². The molecule has 2 amide bonds. The fourth-order valence-electron chi connectivity index (χ4n) is 5.22. The maximum absolute atomic E-state index is 13.9. The number of aliphatic hydroxyl groups is 1.